The van der Waals surface area contributed by atoms with Crippen LogP contribution in [-0.4, -0.2) is 15.3 Å². The van der Waals surface area contributed by atoms with Crippen molar-refractivity contribution < 1.29 is 4.79 Å². The fraction of sp³-hybridized carbons (Fsp3) is 0. The highest BCUT2D eigenvalue weighted by atomic mass is 35.5. The lowest BCUT2D eigenvalue weighted by Gasteiger charge is -2.07. The molecule has 1 aromatic heterocycles. The second-order valence-electron chi connectivity index (χ2n) is 4.29. The average Bonchev–Trinajstić information content (AvgIpc) is 2.97. The molecule has 0 aliphatic carbocycles. The van der Waals surface area contributed by atoms with E-state index in [2.05, 4.69) is 4.98 Å². The van der Waals surface area contributed by atoms with Gasteiger partial charge in [-0.3, -0.25) is 9.36 Å². The van der Waals surface area contributed by atoms with Crippen molar-refractivity contribution in [2.45, 2.75) is 0 Å². The van der Waals surface area contributed by atoms with Crippen LogP contribution in [0.3, 0.4) is 0 Å². The van der Waals surface area contributed by atoms with Gasteiger partial charge in [0, 0.05) is 28.7 Å². The smallest absolute Gasteiger partial charge is 0.228 e. The van der Waals surface area contributed by atoms with Gasteiger partial charge in [0.2, 0.25) is 5.78 Å². The monoisotopic (exact) mass is 282 g/mol. The maximum Gasteiger partial charge on any atom is 0.228 e. The molecule has 3 nitrogen and oxygen atoms in total. The molecule has 20 heavy (non-hydrogen) atoms. The summed E-state index contributed by atoms with van der Waals surface area (Å²) in [5.41, 5.74) is 1.47. The molecule has 0 spiro atoms. The number of rotatable bonds is 3. The fourth-order valence-electron chi connectivity index (χ4n) is 2.00. The zero-order chi connectivity index (χ0) is 13.9. The molecule has 0 radical (unpaired) electrons. The molecule has 0 unspecified atom stereocenters. The molecule has 0 N–H and O–H groups in total. The molecule has 0 saturated carbocycles. The van der Waals surface area contributed by atoms with E-state index in [-0.39, 0.29) is 5.78 Å². The van der Waals surface area contributed by atoms with Crippen LogP contribution in [0, 0.1) is 0 Å². The van der Waals surface area contributed by atoms with Crippen LogP contribution in [0.2, 0.25) is 5.02 Å². The lowest BCUT2D eigenvalue weighted by molar-refractivity contribution is 0.102. The Morgan fingerprint density at radius 3 is 2.40 bits per heavy atom. The van der Waals surface area contributed by atoms with Crippen molar-refractivity contribution >= 4 is 17.4 Å². The van der Waals surface area contributed by atoms with Crippen LogP contribution in [0.25, 0.3) is 5.69 Å². The minimum absolute atomic E-state index is 0.129. The molecule has 3 aromatic rings. The molecule has 1 heterocycles. The highest BCUT2D eigenvalue weighted by Gasteiger charge is 2.15. The molecule has 98 valence electrons. The number of hydrogen-bond acceptors (Lipinski definition) is 2. The third-order valence-electron chi connectivity index (χ3n) is 2.98. The molecule has 0 amide bonds. The van der Waals surface area contributed by atoms with Gasteiger partial charge in [-0.05, 0) is 36.4 Å². The number of carbonyl (C=O) groups excluding carboxylic acids is 1. The normalized spacial score (nSPS) is 10.4. The summed E-state index contributed by atoms with van der Waals surface area (Å²) in [6.45, 7) is 0. The number of carbonyl (C=O) groups is 1. The van der Waals surface area contributed by atoms with Crippen LogP contribution >= 0.6 is 11.6 Å². The zero-order valence-corrected chi connectivity index (χ0v) is 11.3. The maximum atomic E-state index is 12.5. The third-order valence-corrected chi connectivity index (χ3v) is 3.24. The first-order valence-corrected chi connectivity index (χ1v) is 6.52. The van der Waals surface area contributed by atoms with E-state index < -0.39 is 0 Å². The molecule has 0 aliphatic heterocycles. The van der Waals surface area contributed by atoms with Gasteiger partial charge < -0.3 is 0 Å². The topological polar surface area (TPSA) is 34.9 Å². The Morgan fingerprint density at radius 1 is 1.00 bits per heavy atom. The highest BCUT2D eigenvalue weighted by molar-refractivity contribution is 6.30. The van der Waals surface area contributed by atoms with Crippen molar-refractivity contribution in [3.63, 3.8) is 0 Å². The standard InChI is InChI=1S/C16H11ClN2O/c17-13-8-6-12(7-9-13)15(20)16-18-10-11-19(16)14-4-2-1-3-5-14/h1-11H. The van der Waals surface area contributed by atoms with Gasteiger partial charge in [0.1, 0.15) is 0 Å². The van der Waals surface area contributed by atoms with E-state index in [0.29, 0.717) is 16.4 Å². The van der Waals surface area contributed by atoms with E-state index >= 15 is 0 Å². The average molecular weight is 283 g/mol. The van der Waals surface area contributed by atoms with Gasteiger partial charge >= 0.3 is 0 Å². The number of aromatic nitrogens is 2. The van der Waals surface area contributed by atoms with E-state index in [0.717, 1.165) is 5.69 Å². The van der Waals surface area contributed by atoms with Gasteiger partial charge in [-0.25, -0.2) is 4.98 Å². The molecule has 0 atom stereocenters. The predicted octanol–water partition coefficient (Wildman–Crippen LogP) is 3.76. The van der Waals surface area contributed by atoms with E-state index in [9.17, 15) is 4.79 Å². The minimum atomic E-state index is -0.129. The first-order chi connectivity index (χ1) is 9.75. The summed E-state index contributed by atoms with van der Waals surface area (Å²) in [6.07, 6.45) is 3.40. The Morgan fingerprint density at radius 2 is 1.70 bits per heavy atom. The quantitative estimate of drug-likeness (QED) is 0.686. The second kappa shape index (κ2) is 5.31. The number of benzene rings is 2. The highest BCUT2D eigenvalue weighted by Crippen LogP contribution is 2.16. The Bertz CT molecular complexity index is 733. The maximum absolute atomic E-state index is 12.5. The van der Waals surface area contributed by atoms with Crippen LogP contribution in [0.4, 0.5) is 0 Å². The van der Waals surface area contributed by atoms with Gasteiger partial charge in [0.15, 0.2) is 5.82 Å². The molecular formula is C16H11ClN2O. The Kier molecular flexibility index (Phi) is 3.35. The first kappa shape index (κ1) is 12.6. The Balaban J connectivity index is 2.02. The van der Waals surface area contributed by atoms with Crippen LogP contribution in [0.5, 0.6) is 0 Å². The molecular weight excluding hydrogens is 272 g/mol. The SMILES string of the molecule is O=C(c1ccc(Cl)cc1)c1nccn1-c1ccccc1. The van der Waals surface area contributed by atoms with Gasteiger partial charge in [0.25, 0.3) is 0 Å². The van der Waals surface area contributed by atoms with Crippen molar-refractivity contribution in [2.75, 3.05) is 0 Å². The molecule has 3 rings (SSSR count). The number of nitrogens with zero attached hydrogens (tertiary/aromatic N) is 2. The third kappa shape index (κ3) is 2.36. The molecule has 0 bridgehead atoms. The predicted molar refractivity (Wildman–Crippen MR) is 78.4 cm³/mol. The zero-order valence-electron chi connectivity index (χ0n) is 10.5. The van der Waals surface area contributed by atoms with Crippen molar-refractivity contribution in [3.8, 4) is 5.69 Å². The second-order valence-corrected chi connectivity index (χ2v) is 4.73. The molecule has 4 heteroatoms. The van der Waals surface area contributed by atoms with Crippen LogP contribution in [0.15, 0.2) is 67.0 Å². The van der Waals surface area contributed by atoms with E-state index in [1.807, 2.05) is 30.3 Å². The summed E-state index contributed by atoms with van der Waals surface area (Å²) in [6, 6.07) is 16.4. The van der Waals surface area contributed by atoms with Gasteiger partial charge in [-0.2, -0.15) is 0 Å². The summed E-state index contributed by atoms with van der Waals surface area (Å²) in [7, 11) is 0. The summed E-state index contributed by atoms with van der Waals surface area (Å²) >= 11 is 5.84. The first-order valence-electron chi connectivity index (χ1n) is 6.15. The van der Waals surface area contributed by atoms with Crippen LogP contribution in [0.1, 0.15) is 16.2 Å². The molecule has 0 aliphatic rings. The number of para-hydroxylation sites is 1. The number of ketones is 1. The van der Waals surface area contributed by atoms with E-state index in [1.54, 1.807) is 41.2 Å². The Labute approximate surface area is 121 Å². The van der Waals surface area contributed by atoms with Crippen LogP contribution in [-0.2, 0) is 0 Å². The molecule has 0 fully saturated rings. The lowest BCUT2D eigenvalue weighted by atomic mass is 10.1. The van der Waals surface area contributed by atoms with Crippen molar-refractivity contribution in [1.82, 2.24) is 9.55 Å². The summed E-state index contributed by atoms with van der Waals surface area (Å²) < 4.78 is 1.77. The molecule has 0 saturated heterocycles. The summed E-state index contributed by atoms with van der Waals surface area (Å²) in [5, 5.41) is 0.605. The van der Waals surface area contributed by atoms with Crippen molar-refractivity contribution in [3.05, 3.63) is 83.4 Å². The number of hydrogen-bond donors (Lipinski definition) is 0. The largest absolute Gasteiger partial charge is 0.297 e. The van der Waals surface area contributed by atoms with Gasteiger partial charge in [-0.15, -0.1) is 0 Å². The van der Waals surface area contributed by atoms with Crippen molar-refractivity contribution in [1.29, 1.82) is 0 Å². The van der Waals surface area contributed by atoms with E-state index in [4.69, 9.17) is 11.6 Å². The molecule has 2 aromatic carbocycles. The van der Waals surface area contributed by atoms with Gasteiger partial charge in [-0.1, -0.05) is 29.8 Å². The summed E-state index contributed by atoms with van der Waals surface area (Å²) in [5.74, 6) is 0.258. The number of imidazole rings is 1. The number of halogens is 1. The fourth-order valence-corrected chi connectivity index (χ4v) is 2.12. The van der Waals surface area contributed by atoms with Gasteiger partial charge in [0.05, 0.1) is 0 Å². The lowest BCUT2D eigenvalue weighted by Crippen LogP contribution is -2.09. The van der Waals surface area contributed by atoms with Crippen molar-refractivity contribution in [2.24, 2.45) is 0 Å². The van der Waals surface area contributed by atoms with E-state index in [1.165, 1.54) is 0 Å². The Hall–Kier alpha value is -2.39. The van der Waals surface area contributed by atoms with Crippen LogP contribution < -0.4 is 0 Å². The summed E-state index contributed by atoms with van der Waals surface area (Å²) in [4.78, 5) is 16.7. The minimum Gasteiger partial charge on any atom is -0.297 e.